The summed E-state index contributed by atoms with van der Waals surface area (Å²) in [5.41, 5.74) is 1.10. The summed E-state index contributed by atoms with van der Waals surface area (Å²) in [6.07, 6.45) is 3.42. The molecule has 1 N–H and O–H groups in total. The highest BCUT2D eigenvalue weighted by Crippen LogP contribution is 2.44. The fourth-order valence-electron chi connectivity index (χ4n) is 1.47. The number of aliphatic carboxylic acids is 1. The molecular formula is C9H14O2. The molecule has 2 heteroatoms. The molecule has 0 amide bonds. The molecule has 1 rings (SSSR count). The first-order valence-electron chi connectivity index (χ1n) is 4.08. The van der Waals surface area contributed by atoms with E-state index in [1.54, 1.807) is 0 Å². The lowest BCUT2D eigenvalue weighted by atomic mass is 10.1. The molecule has 2 unspecified atom stereocenters. The topological polar surface area (TPSA) is 37.3 Å². The summed E-state index contributed by atoms with van der Waals surface area (Å²) in [6.45, 7) is 4.18. The van der Waals surface area contributed by atoms with E-state index >= 15 is 0 Å². The molecule has 1 saturated carbocycles. The minimum Gasteiger partial charge on any atom is -0.478 e. The van der Waals surface area contributed by atoms with E-state index in [2.05, 4.69) is 6.92 Å². The Labute approximate surface area is 66.9 Å². The highest BCUT2D eigenvalue weighted by atomic mass is 16.4. The molecule has 0 heterocycles. The van der Waals surface area contributed by atoms with Crippen molar-refractivity contribution in [1.82, 2.24) is 0 Å². The van der Waals surface area contributed by atoms with Crippen molar-refractivity contribution in [2.24, 2.45) is 11.8 Å². The van der Waals surface area contributed by atoms with Gasteiger partial charge >= 0.3 is 5.97 Å². The summed E-state index contributed by atoms with van der Waals surface area (Å²) in [4.78, 5) is 10.3. The predicted octanol–water partition coefficient (Wildman–Crippen LogP) is 2.06. The number of carboxylic acids is 1. The highest BCUT2D eigenvalue weighted by molar-refractivity contribution is 5.80. The Morgan fingerprint density at radius 3 is 2.55 bits per heavy atom. The van der Waals surface area contributed by atoms with E-state index in [0.29, 0.717) is 11.8 Å². The summed E-state index contributed by atoms with van der Waals surface area (Å²) in [6, 6.07) is 0. The zero-order chi connectivity index (χ0) is 8.43. The van der Waals surface area contributed by atoms with Gasteiger partial charge in [-0.3, -0.25) is 0 Å². The molecule has 0 aromatic heterocycles. The first-order chi connectivity index (χ1) is 5.15. The fraction of sp³-hybridized carbons (Fsp3) is 0.667. The standard InChI is InChI=1S/C9H14O2/c1-3-7(5-9(10)11)8-4-6(8)2/h5-6,8H,3-4H2,1-2H3,(H,10,11)/b7-5+. The molecular weight excluding hydrogens is 140 g/mol. The predicted molar refractivity (Wildman–Crippen MR) is 43.3 cm³/mol. The second kappa shape index (κ2) is 3.07. The SMILES string of the molecule is CC/C(=C\C(=O)O)C1CC1C. The van der Waals surface area contributed by atoms with E-state index in [0.717, 1.165) is 12.0 Å². The second-order valence-electron chi connectivity index (χ2n) is 3.23. The van der Waals surface area contributed by atoms with Crippen molar-refractivity contribution in [3.8, 4) is 0 Å². The van der Waals surface area contributed by atoms with Crippen LogP contribution in [0, 0.1) is 11.8 Å². The van der Waals surface area contributed by atoms with Crippen molar-refractivity contribution in [1.29, 1.82) is 0 Å². The molecule has 0 saturated heterocycles. The number of allylic oxidation sites excluding steroid dienone is 1. The highest BCUT2D eigenvalue weighted by Gasteiger charge is 2.34. The first kappa shape index (κ1) is 8.31. The van der Waals surface area contributed by atoms with Crippen LogP contribution in [0.3, 0.4) is 0 Å². The number of hydrogen-bond acceptors (Lipinski definition) is 1. The second-order valence-corrected chi connectivity index (χ2v) is 3.23. The van der Waals surface area contributed by atoms with Gasteiger partial charge in [0.05, 0.1) is 0 Å². The molecule has 1 fully saturated rings. The van der Waals surface area contributed by atoms with Gasteiger partial charge in [-0.25, -0.2) is 4.79 Å². The van der Waals surface area contributed by atoms with Gasteiger partial charge in [-0.15, -0.1) is 0 Å². The van der Waals surface area contributed by atoms with Gasteiger partial charge in [0, 0.05) is 6.08 Å². The normalized spacial score (nSPS) is 30.2. The summed E-state index contributed by atoms with van der Waals surface area (Å²) in [7, 11) is 0. The van der Waals surface area contributed by atoms with Crippen LogP contribution in [0.4, 0.5) is 0 Å². The summed E-state index contributed by atoms with van der Waals surface area (Å²) < 4.78 is 0. The molecule has 1 aliphatic rings. The van der Waals surface area contributed by atoms with Gasteiger partial charge in [-0.05, 0) is 24.7 Å². The molecule has 0 spiro atoms. The lowest BCUT2D eigenvalue weighted by Crippen LogP contribution is -1.94. The molecule has 2 atom stereocenters. The third-order valence-electron chi connectivity index (χ3n) is 2.30. The van der Waals surface area contributed by atoms with Crippen LogP contribution in [-0.2, 0) is 4.79 Å². The Hall–Kier alpha value is -0.790. The largest absolute Gasteiger partial charge is 0.478 e. The van der Waals surface area contributed by atoms with E-state index < -0.39 is 5.97 Å². The molecule has 0 radical (unpaired) electrons. The zero-order valence-electron chi connectivity index (χ0n) is 7.00. The van der Waals surface area contributed by atoms with E-state index in [-0.39, 0.29) is 0 Å². The third-order valence-corrected chi connectivity index (χ3v) is 2.30. The Bertz CT molecular complexity index is 194. The van der Waals surface area contributed by atoms with Crippen LogP contribution in [-0.4, -0.2) is 11.1 Å². The van der Waals surface area contributed by atoms with Crippen LogP contribution >= 0.6 is 0 Å². The van der Waals surface area contributed by atoms with Gasteiger partial charge in [0.15, 0.2) is 0 Å². The average Bonchev–Trinajstić information content (AvgIpc) is 2.61. The fourth-order valence-corrected chi connectivity index (χ4v) is 1.47. The van der Waals surface area contributed by atoms with Gasteiger partial charge in [0.2, 0.25) is 0 Å². The maximum Gasteiger partial charge on any atom is 0.328 e. The lowest BCUT2D eigenvalue weighted by Gasteiger charge is -1.98. The molecule has 2 nitrogen and oxygen atoms in total. The third kappa shape index (κ3) is 2.07. The van der Waals surface area contributed by atoms with Crippen molar-refractivity contribution in [3.05, 3.63) is 11.6 Å². The molecule has 0 aromatic rings. The summed E-state index contributed by atoms with van der Waals surface area (Å²) in [5.74, 6) is 0.470. The number of hydrogen-bond donors (Lipinski definition) is 1. The van der Waals surface area contributed by atoms with Crippen molar-refractivity contribution < 1.29 is 9.90 Å². The maximum absolute atomic E-state index is 10.3. The van der Waals surface area contributed by atoms with Gasteiger partial charge in [0.1, 0.15) is 0 Å². The summed E-state index contributed by atoms with van der Waals surface area (Å²) in [5, 5.41) is 8.50. The van der Waals surface area contributed by atoms with Crippen molar-refractivity contribution >= 4 is 5.97 Å². The van der Waals surface area contributed by atoms with E-state index in [9.17, 15) is 4.79 Å². The van der Waals surface area contributed by atoms with Crippen LogP contribution in [0.2, 0.25) is 0 Å². The van der Waals surface area contributed by atoms with Crippen LogP contribution in [0.25, 0.3) is 0 Å². The lowest BCUT2D eigenvalue weighted by molar-refractivity contribution is -0.131. The molecule has 1 aliphatic carbocycles. The van der Waals surface area contributed by atoms with E-state index in [4.69, 9.17) is 5.11 Å². The molecule has 0 bridgehead atoms. The maximum atomic E-state index is 10.3. The van der Waals surface area contributed by atoms with Crippen molar-refractivity contribution in [2.45, 2.75) is 26.7 Å². The van der Waals surface area contributed by atoms with Gasteiger partial charge in [0.25, 0.3) is 0 Å². The van der Waals surface area contributed by atoms with Crippen LogP contribution in [0.5, 0.6) is 0 Å². The van der Waals surface area contributed by atoms with E-state index in [1.165, 1.54) is 12.5 Å². The zero-order valence-corrected chi connectivity index (χ0v) is 7.00. The quantitative estimate of drug-likeness (QED) is 0.632. The van der Waals surface area contributed by atoms with E-state index in [1.807, 2.05) is 6.92 Å². The van der Waals surface area contributed by atoms with Gasteiger partial charge in [-0.2, -0.15) is 0 Å². The summed E-state index contributed by atoms with van der Waals surface area (Å²) >= 11 is 0. The van der Waals surface area contributed by atoms with Gasteiger partial charge < -0.3 is 5.11 Å². The van der Waals surface area contributed by atoms with Crippen molar-refractivity contribution in [2.75, 3.05) is 0 Å². The minimum atomic E-state index is -0.805. The minimum absolute atomic E-state index is 0.566. The molecule has 0 aromatic carbocycles. The first-order valence-corrected chi connectivity index (χ1v) is 4.08. The number of carbonyl (C=O) groups is 1. The van der Waals surface area contributed by atoms with Crippen LogP contribution in [0.1, 0.15) is 26.7 Å². The molecule has 11 heavy (non-hydrogen) atoms. The Morgan fingerprint density at radius 1 is 1.73 bits per heavy atom. The monoisotopic (exact) mass is 154 g/mol. The van der Waals surface area contributed by atoms with Crippen LogP contribution in [0.15, 0.2) is 11.6 Å². The smallest absolute Gasteiger partial charge is 0.328 e. The Balaban J connectivity index is 2.56. The Kier molecular flexibility index (Phi) is 2.32. The van der Waals surface area contributed by atoms with Crippen LogP contribution < -0.4 is 0 Å². The Morgan fingerprint density at radius 2 is 2.27 bits per heavy atom. The molecule has 62 valence electrons. The number of rotatable bonds is 3. The number of carboxylic acid groups (broad SMARTS) is 1. The molecule has 0 aliphatic heterocycles. The van der Waals surface area contributed by atoms with Crippen molar-refractivity contribution in [3.63, 3.8) is 0 Å². The van der Waals surface area contributed by atoms with Gasteiger partial charge in [-0.1, -0.05) is 19.4 Å². The average molecular weight is 154 g/mol.